The van der Waals surface area contributed by atoms with Crippen molar-refractivity contribution in [2.75, 3.05) is 38.6 Å². The highest BCUT2D eigenvalue weighted by molar-refractivity contribution is 7.92. The van der Waals surface area contributed by atoms with Crippen molar-refractivity contribution in [1.82, 2.24) is 18.8 Å². The van der Waals surface area contributed by atoms with E-state index in [1.807, 2.05) is 6.92 Å². The average molecular weight is 622 g/mol. The Morgan fingerprint density at radius 1 is 1.19 bits per heavy atom. The first-order valence-electron chi connectivity index (χ1n) is 13.1. The molecule has 0 fully saturated rings. The Morgan fingerprint density at radius 3 is 2.48 bits per heavy atom. The largest absolute Gasteiger partial charge is 0.497 e. The van der Waals surface area contributed by atoms with Crippen LogP contribution >= 0.6 is 0 Å². The SMILES string of the molecule is COc1ccc(S(=O)(=O)Nc2ccc3c(c2)C(=O)N([C@@H](C)CO)C[C@@H](C)[C@@H](CN(C)S(=O)(=O)c2cn(C)cn2)O3)cc1. The van der Waals surface area contributed by atoms with E-state index >= 15 is 0 Å². The predicted molar refractivity (Wildman–Crippen MR) is 154 cm³/mol. The van der Waals surface area contributed by atoms with Gasteiger partial charge in [-0.25, -0.2) is 21.8 Å². The molecule has 1 aliphatic heterocycles. The number of carbonyl (C=O) groups is 1. The molecule has 228 valence electrons. The quantitative estimate of drug-likeness (QED) is 0.344. The monoisotopic (exact) mass is 621 g/mol. The number of nitrogens with zero attached hydrogens (tertiary/aromatic N) is 4. The number of carbonyl (C=O) groups excluding carboxylic acids is 1. The second-order valence-electron chi connectivity index (χ2n) is 10.3. The zero-order valence-electron chi connectivity index (χ0n) is 24.0. The molecule has 3 atom stereocenters. The van der Waals surface area contributed by atoms with Crippen molar-refractivity contribution in [3.05, 3.63) is 60.6 Å². The van der Waals surface area contributed by atoms with Crippen LogP contribution in [0, 0.1) is 5.92 Å². The fraction of sp³-hybridized carbons (Fsp3) is 0.407. The molecule has 1 aliphatic rings. The van der Waals surface area contributed by atoms with Crippen LogP contribution in [0.4, 0.5) is 5.69 Å². The molecule has 2 heterocycles. The van der Waals surface area contributed by atoms with Gasteiger partial charge < -0.3 is 24.0 Å². The molecule has 1 aromatic heterocycles. The molecule has 3 aromatic rings. The van der Waals surface area contributed by atoms with Crippen molar-refractivity contribution in [1.29, 1.82) is 0 Å². The van der Waals surface area contributed by atoms with E-state index in [0.717, 1.165) is 4.31 Å². The van der Waals surface area contributed by atoms with Gasteiger partial charge in [0.25, 0.3) is 26.0 Å². The van der Waals surface area contributed by atoms with Gasteiger partial charge in [0.15, 0.2) is 5.03 Å². The lowest BCUT2D eigenvalue weighted by molar-refractivity contribution is 0.0387. The number of aryl methyl sites for hydroxylation is 1. The Morgan fingerprint density at radius 2 is 1.88 bits per heavy atom. The molecule has 2 N–H and O–H groups in total. The van der Waals surface area contributed by atoms with Gasteiger partial charge in [0.05, 0.1) is 43.1 Å². The zero-order valence-corrected chi connectivity index (χ0v) is 25.6. The number of rotatable bonds is 10. The highest BCUT2D eigenvalue weighted by atomic mass is 32.2. The van der Waals surface area contributed by atoms with Crippen LogP contribution in [0.2, 0.25) is 0 Å². The molecular weight excluding hydrogens is 586 g/mol. The predicted octanol–water partition coefficient (Wildman–Crippen LogP) is 1.77. The fourth-order valence-corrected chi connectivity index (χ4v) is 6.70. The number of hydrogen-bond donors (Lipinski definition) is 2. The van der Waals surface area contributed by atoms with Gasteiger partial charge in [-0.15, -0.1) is 0 Å². The third-order valence-electron chi connectivity index (χ3n) is 7.08. The summed E-state index contributed by atoms with van der Waals surface area (Å²) in [5.74, 6) is -0.150. The minimum atomic E-state index is -4.00. The molecular formula is C27H35N5O8S2. The molecule has 1 amide bonds. The van der Waals surface area contributed by atoms with Crippen LogP contribution in [-0.2, 0) is 27.1 Å². The maximum absolute atomic E-state index is 13.7. The van der Waals surface area contributed by atoms with Gasteiger partial charge in [0, 0.05) is 38.4 Å². The Hall–Kier alpha value is -3.66. The summed E-state index contributed by atoms with van der Waals surface area (Å²) in [4.78, 5) is 19.1. The molecule has 0 spiro atoms. The molecule has 0 aliphatic carbocycles. The number of anilines is 1. The zero-order chi connectivity index (χ0) is 30.8. The Bertz CT molecular complexity index is 1640. The van der Waals surface area contributed by atoms with Crippen LogP contribution in [0.3, 0.4) is 0 Å². The lowest BCUT2D eigenvalue weighted by Crippen LogP contribution is -2.50. The van der Waals surface area contributed by atoms with Gasteiger partial charge in [0.2, 0.25) is 0 Å². The first kappa shape index (κ1) is 31.3. The lowest BCUT2D eigenvalue weighted by Gasteiger charge is -2.38. The number of methoxy groups -OCH3 is 1. The third-order valence-corrected chi connectivity index (χ3v) is 10.2. The molecule has 0 radical (unpaired) electrons. The number of hydrogen-bond acceptors (Lipinski definition) is 9. The van der Waals surface area contributed by atoms with Crippen molar-refractivity contribution < 1.29 is 36.2 Å². The first-order chi connectivity index (χ1) is 19.8. The number of likely N-dealkylation sites (N-methyl/N-ethyl adjacent to an activating group) is 1. The number of ether oxygens (including phenoxy) is 2. The van der Waals surface area contributed by atoms with Crippen LogP contribution in [0.15, 0.2) is 64.9 Å². The number of sulfonamides is 2. The molecule has 15 heteroatoms. The number of benzene rings is 2. The van der Waals surface area contributed by atoms with Crippen molar-refractivity contribution in [3.8, 4) is 11.5 Å². The van der Waals surface area contributed by atoms with E-state index in [1.165, 1.54) is 78.6 Å². The molecule has 0 bridgehead atoms. The van der Waals surface area contributed by atoms with Gasteiger partial charge in [-0.2, -0.15) is 4.31 Å². The van der Waals surface area contributed by atoms with Crippen LogP contribution in [0.1, 0.15) is 24.2 Å². The van der Waals surface area contributed by atoms with Gasteiger partial charge in [-0.3, -0.25) is 9.52 Å². The van der Waals surface area contributed by atoms with Crippen LogP contribution in [-0.4, -0.2) is 92.6 Å². The molecule has 0 saturated heterocycles. The molecule has 13 nitrogen and oxygen atoms in total. The smallest absolute Gasteiger partial charge is 0.261 e. The fourth-order valence-electron chi connectivity index (χ4n) is 4.51. The van der Waals surface area contributed by atoms with E-state index in [0.29, 0.717) is 5.75 Å². The van der Waals surface area contributed by atoms with Crippen molar-refractivity contribution in [2.24, 2.45) is 13.0 Å². The molecule has 2 aromatic carbocycles. The number of fused-ring (bicyclic) bond motifs is 1. The van der Waals surface area contributed by atoms with Crippen molar-refractivity contribution in [2.45, 2.75) is 35.9 Å². The van der Waals surface area contributed by atoms with Gasteiger partial charge in [-0.1, -0.05) is 6.92 Å². The van der Waals surface area contributed by atoms with E-state index in [-0.39, 0.29) is 52.5 Å². The Balaban J connectivity index is 1.67. The molecule has 4 rings (SSSR count). The van der Waals surface area contributed by atoms with E-state index in [2.05, 4.69) is 9.71 Å². The lowest BCUT2D eigenvalue weighted by atomic mass is 9.99. The third kappa shape index (κ3) is 6.53. The maximum atomic E-state index is 13.7. The summed E-state index contributed by atoms with van der Waals surface area (Å²) < 4.78 is 68.9. The summed E-state index contributed by atoms with van der Waals surface area (Å²) in [7, 11) is -3.36. The summed E-state index contributed by atoms with van der Waals surface area (Å²) in [6.45, 7) is 3.32. The number of aromatic nitrogens is 2. The van der Waals surface area contributed by atoms with E-state index in [4.69, 9.17) is 9.47 Å². The number of aliphatic hydroxyl groups excluding tert-OH is 1. The van der Waals surface area contributed by atoms with E-state index in [1.54, 1.807) is 14.0 Å². The average Bonchev–Trinajstić information content (AvgIpc) is 3.41. The maximum Gasteiger partial charge on any atom is 0.261 e. The highest BCUT2D eigenvalue weighted by Crippen LogP contribution is 2.32. The molecule has 42 heavy (non-hydrogen) atoms. The van der Waals surface area contributed by atoms with Crippen LogP contribution in [0.25, 0.3) is 0 Å². The second kappa shape index (κ2) is 12.3. The molecule has 0 unspecified atom stereocenters. The number of nitrogens with one attached hydrogen (secondary N) is 1. The summed E-state index contributed by atoms with van der Waals surface area (Å²) in [6.07, 6.45) is 2.10. The number of aliphatic hydroxyl groups is 1. The molecule has 0 saturated carbocycles. The van der Waals surface area contributed by atoms with Gasteiger partial charge in [-0.05, 0) is 49.4 Å². The van der Waals surface area contributed by atoms with Crippen molar-refractivity contribution >= 4 is 31.6 Å². The second-order valence-corrected chi connectivity index (χ2v) is 14.0. The van der Waals surface area contributed by atoms with Crippen molar-refractivity contribution in [3.63, 3.8) is 0 Å². The standard InChI is InChI=1S/C27H35N5O8S2/c1-18-13-32(19(2)16-33)27(34)23-12-20(29-41(35,36)22-9-7-21(39-5)8-10-22)6-11-24(23)40-25(18)14-31(4)42(37,38)26-15-30(3)17-28-26/h6-12,15,17-19,25,29,33H,13-14,16H2,1-5H3/t18-,19+,25-/m1/s1. The minimum absolute atomic E-state index is 0.000750. The Labute approximate surface area is 245 Å². The van der Waals surface area contributed by atoms with Crippen LogP contribution < -0.4 is 14.2 Å². The summed E-state index contributed by atoms with van der Waals surface area (Å²) in [5.41, 5.74) is 0.190. The highest BCUT2D eigenvalue weighted by Gasteiger charge is 2.36. The van der Waals surface area contributed by atoms with Crippen LogP contribution in [0.5, 0.6) is 11.5 Å². The normalized spacial score (nSPS) is 18.5. The number of amides is 1. The van der Waals surface area contributed by atoms with E-state index in [9.17, 15) is 26.7 Å². The number of imidazole rings is 1. The first-order valence-corrected chi connectivity index (χ1v) is 16.0. The summed E-state index contributed by atoms with van der Waals surface area (Å²) in [5, 5.41) is 9.79. The topological polar surface area (TPSA) is 160 Å². The minimum Gasteiger partial charge on any atom is -0.497 e. The van der Waals surface area contributed by atoms with Gasteiger partial charge >= 0.3 is 0 Å². The summed E-state index contributed by atoms with van der Waals surface area (Å²) in [6, 6.07) is 9.58. The Kier molecular flexibility index (Phi) is 9.15. The van der Waals surface area contributed by atoms with E-state index < -0.39 is 38.1 Å². The van der Waals surface area contributed by atoms with Gasteiger partial charge in [0.1, 0.15) is 17.6 Å². The summed E-state index contributed by atoms with van der Waals surface area (Å²) >= 11 is 0.